The molecule has 0 fully saturated rings. The Balaban J connectivity index is 2.27. The second-order valence-electron chi connectivity index (χ2n) is 3.82. The Morgan fingerprint density at radius 1 is 1.18 bits per heavy atom. The molecule has 2 aromatic rings. The van der Waals surface area contributed by atoms with E-state index in [1.807, 2.05) is 12.1 Å². The minimum atomic E-state index is 0.362. The van der Waals surface area contributed by atoms with Gasteiger partial charge in [0.05, 0.1) is 11.8 Å². The van der Waals surface area contributed by atoms with Gasteiger partial charge < -0.3 is 15.2 Å². The second-order valence-corrected chi connectivity index (χ2v) is 3.82. The van der Waals surface area contributed by atoms with Crippen molar-refractivity contribution >= 4 is 11.6 Å². The Bertz CT molecular complexity index is 472. The van der Waals surface area contributed by atoms with E-state index in [4.69, 9.17) is 10.3 Å². The summed E-state index contributed by atoms with van der Waals surface area (Å²) in [5.74, 6) is 0.362. The summed E-state index contributed by atoms with van der Waals surface area (Å²) in [7, 11) is 0. The fourth-order valence-electron chi connectivity index (χ4n) is 1.91. The number of aromatic nitrogens is 1. The molecule has 1 aromatic carbocycles. The van der Waals surface area contributed by atoms with Gasteiger partial charge in [-0.05, 0) is 31.5 Å². The molecule has 0 amide bonds. The highest BCUT2D eigenvalue weighted by molar-refractivity contribution is 5.73. The number of nitrogens with zero attached hydrogens (tertiary/aromatic N) is 2. The van der Waals surface area contributed by atoms with Crippen LogP contribution in [0.1, 0.15) is 13.8 Å². The monoisotopic (exact) mass is 231 g/mol. The predicted molar refractivity (Wildman–Crippen MR) is 69.9 cm³/mol. The lowest BCUT2D eigenvalue weighted by atomic mass is 10.1. The molecule has 0 saturated heterocycles. The first kappa shape index (κ1) is 11.5. The highest BCUT2D eigenvalue weighted by atomic mass is 16.5. The maximum absolute atomic E-state index is 5.68. The van der Waals surface area contributed by atoms with Gasteiger partial charge in [0.25, 0.3) is 0 Å². The molecular weight excluding hydrogens is 214 g/mol. The third kappa shape index (κ3) is 2.25. The van der Waals surface area contributed by atoms with Crippen molar-refractivity contribution in [3.63, 3.8) is 0 Å². The van der Waals surface area contributed by atoms with E-state index in [0.29, 0.717) is 5.88 Å². The first-order valence-corrected chi connectivity index (χ1v) is 5.81. The standard InChI is InChI=1S/C13H17N3O/c1-3-16(4-2)11-7-5-10(6-8-11)12-9-15-17-13(12)14/h5-9H,3-4,14H2,1-2H3. The quantitative estimate of drug-likeness (QED) is 0.879. The number of nitrogen functional groups attached to an aromatic ring is 1. The summed E-state index contributed by atoms with van der Waals surface area (Å²) in [5, 5.41) is 3.68. The highest BCUT2D eigenvalue weighted by Crippen LogP contribution is 2.27. The molecule has 0 aliphatic heterocycles. The summed E-state index contributed by atoms with van der Waals surface area (Å²) < 4.78 is 4.86. The fourth-order valence-corrected chi connectivity index (χ4v) is 1.91. The summed E-state index contributed by atoms with van der Waals surface area (Å²) in [6, 6.07) is 8.26. The van der Waals surface area contributed by atoms with Crippen LogP contribution in [0.4, 0.5) is 11.6 Å². The van der Waals surface area contributed by atoms with Crippen molar-refractivity contribution in [1.29, 1.82) is 0 Å². The molecule has 2 rings (SSSR count). The van der Waals surface area contributed by atoms with Crippen LogP contribution in [0.15, 0.2) is 35.0 Å². The lowest BCUT2D eigenvalue weighted by molar-refractivity contribution is 0.436. The smallest absolute Gasteiger partial charge is 0.229 e. The van der Waals surface area contributed by atoms with E-state index in [2.05, 4.69) is 36.0 Å². The van der Waals surface area contributed by atoms with E-state index in [1.54, 1.807) is 6.20 Å². The van der Waals surface area contributed by atoms with E-state index in [1.165, 1.54) is 5.69 Å². The maximum Gasteiger partial charge on any atom is 0.229 e. The topological polar surface area (TPSA) is 55.3 Å². The summed E-state index contributed by atoms with van der Waals surface area (Å²) in [6.45, 7) is 6.31. The number of benzene rings is 1. The molecule has 2 N–H and O–H groups in total. The van der Waals surface area contributed by atoms with Crippen LogP contribution in [0.3, 0.4) is 0 Å². The van der Waals surface area contributed by atoms with Crippen LogP contribution in [-0.2, 0) is 0 Å². The molecule has 1 heterocycles. The highest BCUT2D eigenvalue weighted by Gasteiger charge is 2.07. The Hall–Kier alpha value is -1.97. The molecule has 17 heavy (non-hydrogen) atoms. The summed E-state index contributed by atoms with van der Waals surface area (Å²) in [5.41, 5.74) is 8.77. The minimum Gasteiger partial charge on any atom is -0.372 e. The van der Waals surface area contributed by atoms with Crippen LogP contribution in [-0.4, -0.2) is 18.2 Å². The molecule has 0 aliphatic rings. The normalized spacial score (nSPS) is 10.5. The molecule has 0 unspecified atom stereocenters. The van der Waals surface area contributed by atoms with E-state index >= 15 is 0 Å². The summed E-state index contributed by atoms with van der Waals surface area (Å²) in [6.07, 6.45) is 1.64. The maximum atomic E-state index is 5.68. The SMILES string of the molecule is CCN(CC)c1ccc(-c2cnoc2N)cc1. The molecule has 4 heteroatoms. The van der Waals surface area contributed by atoms with Crippen molar-refractivity contribution < 1.29 is 4.52 Å². The van der Waals surface area contributed by atoms with E-state index < -0.39 is 0 Å². The third-order valence-corrected chi connectivity index (χ3v) is 2.91. The lowest BCUT2D eigenvalue weighted by Crippen LogP contribution is -2.21. The van der Waals surface area contributed by atoms with Crippen LogP contribution in [0.2, 0.25) is 0 Å². The van der Waals surface area contributed by atoms with Gasteiger partial charge in [0, 0.05) is 18.8 Å². The zero-order valence-corrected chi connectivity index (χ0v) is 10.2. The van der Waals surface area contributed by atoms with Gasteiger partial charge in [-0.2, -0.15) is 0 Å². The average molecular weight is 231 g/mol. The minimum absolute atomic E-state index is 0.362. The van der Waals surface area contributed by atoms with Crippen LogP contribution >= 0.6 is 0 Å². The molecule has 0 aliphatic carbocycles. The fraction of sp³-hybridized carbons (Fsp3) is 0.308. The van der Waals surface area contributed by atoms with E-state index in [9.17, 15) is 0 Å². The molecule has 0 bridgehead atoms. The van der Waals surface area contributed by atoms with Crippen LogP contribution in [0.25, 0.3) is 11.1 Å². The lowest BCUT2D eigenvalue weighted by Gasteiger charge is -2.21. The van der Waals surface area contributed by atoms with Gasteiger partial charge in [0.1, 0.15) is 0 Å². The van der Waals surface area contributed by atoms with Crippen molar-refractivity contribution in [3.05, 3.63) is 30.5 Å². The number of nitrogens with two attached hydrogens (primary N) is 1. The number of rotatable bonds is 4. The first-order chi connectivity index (χ1) is 8.26. The van der Waals surface area contributed by atoms with Gasteiger partial charge in [-0.1, -0.05) is 17.3 Å². The van der Waals surface area contributed by atoms with Crippen LogP contribution in [0, 0.1) is 0 Å². The van der Waals surface area contributed by atoms with E-state index in [-0.39, 0.29) is 0 Å². The van der Waals surface area contributed by atoms with Crippen molar-refractivity contribution in [2.75, 3.05) is 23.7 Å². The van der Waals surface area contributed by atoms with Gasteiger partial charge in [-0.25, -0.2) is 0 Å². The van der Waals surface area contributed by atoms with Crippen molar-refractivity contribution in [2.45, 2.75) is 13.8 Å². The predicted octanol–water partition coefficient (Wildman–Crippen LogP) is 2.77. The Labute approximate surface area is 101 Å². The Kier molecular flexibility index (Phi) is 3.32. The largest absolute Gasteiger partial charge is 0.372 e. The third-order valence-electron chi connectivity index (χ3n) is 2.91. The molecule has 0 radical (unpaired) electrons. The molecule has 0 saturated carbocycles. The summed E-state index contributed by atoms with van der Waals surface area (Å²) in [4.78, 5) is 2.29. The van der Waals surface area contributed by atoms with Gasteiger partial charge in [0.2, 0.25) is 5.88 Å². The second kappa shape index (κ2) is 4.91. The van der Waals surface area contributed by atoms with Crippen molar-refractivity contribution in [1.82, 2.24) is 5.16 Å². The van der Waals surface area contributed by atoms with Gasteiger partial charge in [0.15, 0.2) is 0 Å². The van der Waals surface area contributed by atoms with Crippen LogP contribution < -0.4 is 10.6 Å². The van der Waals surface area contributed by atoms with Crippen molar-refractivity contribution in [3.8, 4) is 11.1 Å². The van der Waals surface area contributed by atoms with Gasteiger partial charge in [-0.3, -0.25) is 0 Å². The van der Waals surface area contributed by atoms with Crippen molar-refractivity contribution in [2.24, 2.45) is 0 Å². The molecule has 90 valence electrons. The zero-order valence-electron chi connectivity index (χ0n) is 10.2. The zero-order chi connectivity index (χ0) is 12.3. The Morgan fingerprint density at radius 2 is 1.82 bits per heavy atom. The van der Waals surface area contributed by atoms with Crippen LogP contribution in [0.5, 0.6) is 0 Å². The first-order valence-electron chi connectivity index (χ1n) is 5.81. The molecule has 0 spiro atoms. The average Bonchev–Trinajstić information content (AvgIpc) is 2.78. The Morgan fingerprint density at radius 3 is 2.29 bits per heavy atom. The van der Waals surface area contributed by atoms with Gasteiger partial charge >= 0.3 is 0 Å². The number of anilines is 2. The molecule has 0 atom stereocenters. The molecular formula is C13H17N3O. The summed E-state index contributed by atoms with van der Waals surface area (Å²) >= 11 is 0. The number of hydrogen-bond acceptors (Lipinski definition) is 4. The molecule has 1 aromatic heterocycles. The van der Waals surface area contributed by atoms with Gasteiger partial charge in [-0.15, -0.1) is 0 Å². The van der Waals surface area contributed by atoms with E-state index in [0.717, 1.165) is 24.2 Å². The molecule has 4 nitrogen and oxygen atoms in total. The number of hydrogen-bond donors (Lipinski definition) is 1.